The summed E-state index contributed by atoms with van der Waals surface area (Å²) < 4.78 is 18.0. The number of aromatic nitrogens is 2. The summed E-state index contributed by atoms with van der Waals surface area (Å²) in [6.45, 7) is 5.17. The molecule has 1 aromatic heterocycles. The Labute approximate surface area is 160 Å². The number of hydrogen-bond acceptors (Lipinski definition) is 5. The molecule has 28 heavy (non-hydrogen) atoms. The maximum atomic E-state index is 13.0. The van der Waals surface area contributed by atoms with Gasteiger partial charge in [0.05, 0.1) is 11.4 Å². The Bertz CT molecular complexity index is 1010. The summed E-state index contributed by atoms with van der Waals surface area (Å²) in [5.41, 5.74) is 7.80. The van der Waals surface area contributed by atoms with Crippen molar-refractivity contribution in [3.05, 3.63) is 78.3 Å². The third-order valence-electron chi connectivity index (χ3n) is 3.75. The number of nitrogens with zero attached hydrogens (tertiary/aromatic N) is 1. The van der Waals surface area contributed by atoms with Crippen LogP contribution in [0.4, 0.5) is 4.39 Å². The van der Waals surface area contributed by atoms with Gasteiger partial charge in [-0.2, -0.15) is 5.10 Å². The maximum absolute atomic E-state index is 13.0. The number of aromatic amines is 1. The fraction of sp³-hybridized carbons (Fsp3) is 0.0500. The molecular formula is C20H17FN4O3. The molecule has 0 unspecified atom stereocenters. The van der Waals surface area contributed by atoms with Crippen LogP contribution in [0.3, 0.4) is 0 Å². The number of amides is 1. The lowest BCUT2D eigenvalue weighted by molar-refractivity contribution is -0.131. The van der Waals surface area contributed by atoms with Gasteiger partial charge in [-0.15, -0.1) is 0 Å². The van der Waals surface area contributed by atoms with E-state index in [0.29, 0.717) is 28.3 Å². The van der Waals surface area contributed by atoms with Crippen molar-refractivity contribution in [3.8, 4) is 17.0 Å². The predicted molar refractivity (Wildman–Crippen MR) is 101 cm³/mol. The molecule has 0 spiro atoms. The minimum Gasteiger partial charge on any atom is -0.427 e. The summed E-state index contributed by atoms with van der Waals surface area (Å²) in [4.78, 5) is 23.2. The number of carbonyl (C=O) groups excluding carboxylic acids is 2. The highest BCUT2D eigenvalue weighted by Gasteiger charge is 2.11. The first-order valence-electron chi connectivity index (χ1n) is 8.28. The lowest BCUT2D eigenvalue weighted by Gasteiger charge is -2.11. The molecule has 1 amide bonds. The number of hydrogen-bond donors (Lipinski definition) is 3. The summed E-state index contributed by atoms with van der Waals surface area (Å²) >= 11 is 0. The summed E-state index contributed by atoms with van der Waals surface area (Å²) in [5, 5.41) is 6.69. The number of hydrazine groups is 1. The van der Waals surface area contributed by atoms with Crippen molar-refractivity contribution in [3.63, 3.8) is 0 Å². The van der Waals surface area contributed by atoms with Gasteiger partial charge in [-0.05, 0) is 60.2 Å². The van der Waals surface area contributed by atoms with Gasteiger partial charge in [-0.1, -0.05) is 6.58 Å². The number of esters is 1. The zero-order valence-corrected chi connectivity index (χ0v) is 15.0. The lowest BCUT2D eigenvalue weighted by atomic mass is 10.1. The fourth-order valence-electron chi connectivity index (χ4n) is 2.37. The molecule has 0 aliphatic rings. The monoisotopic (exact) mass is 380 g/mol. The van der Waals surface area contributed by atoms with Gasteiger partial charge < -0.3 is 4.74 Å². The highest BCUT2D eigenvalue weighted by atomic mass is 19.1. The molecule has 3 rings (SSSR count). The maximum Gasteiger partial charge on any atom is 0.308 e. The van der Waals surface area contributed by atoms with Crippen molar-refractivity contribution < 1.29 is 18.7 Å². The fourth-order valence-corrected chi connectivity index (χ4v) is 2.37. The second kappa shape index (κ2) is 8.17. The van der Waals surface area contributed by atoms with Gasteiger partial charge in [0.15, 0.2) is 0 Å². The van der Waals surface area contributed by atoms with E-state index in [0.717, 1.165) is 0 Å². The van der Waals surface area contributed by atoms with E-state index >= 15 is 0 Å². The van der Waals surface area contributed by atoms with Crippen LogP contribution in [0, 0.1) is 5.82 Å². The zero-order chi connectivity index (χ0) is 20.1. The van der Waals surface area contributed by atoms with Crippen LogP contribution in [0.15, 0.2) is 61.2 Å². The first kappa shape index (κ1) is 18.8. The van der Waals surface area contributed by atoms with Crippen molar-refractivity contribution >= 4 is 17.6 Å². The number of ether oxygens (including phenoxy) is 1. The minimum atomic E-state index is -0.446. The van der Waals surface area contributed by atoms with Crippen molar-refractivity contribution in [2.75, 3.05) is 0 Å². The molecule has 0 aliphatic heterocycles. The molecule has 0 saturated heterocycles. The molecule has 0 atom stereocenters. The Morgan fingerprint density at radius 3 is 2.39 bits per heavy atom. The molecule has 1 heterocycles. The van der Waals surface area contributed by atoms with Gasteiger partial charge in [0, 0.05) is 12.5 Å². The number of H-pyrrole nitrogens is 1. The van der Waals surface area contributed by atoms with Crippen molar-refractivity contribution in [1.82, 2.24) is 21.0 Å². The summed E-state index contributed by atoms with van der Waals surface area (Å²) in [6, 6.07) is 14.0. The normalized spacial score (nSPS) is 10.2. The van der Waals surface area contributed by atoms with Gasteiger partial charge in [0.2, 0.25) is 0 Å². The van der Waals surface area contributed by atoms with Gasteiger partial charge in [-0.3, -0.25) is 25.5 Å². The van der Waals surface area contributed by atoms with Crippen LogP contribution in [-0.4, -0.2) is 22.1 Å². The highest BCUT2D eigenvalue weighted by Crippen LogP contribution is 2.18. The Kier molecular flexibility index (Phi) is 5.50. The second-order valence-electron chi connectivity index (χ2n) is 5.85. The summed E-state index contributed by atoms with van der Waals surface area (Å²) in [5.74, 6) is -0.783. The number of benzene rings is 2. The van der Waals surface area contributed by atoms with E-state index in [1.807, 2.05) is 0 Å². The lowest BCUT2D eigenvalue weighted by Crippen LogP contribution is -2.36. The molecule has 0 saturated carbocycles. The van der Waals surface area contributed by atoms with E-state index in [4.69, 9.17) is 4.74 Å². The highest BCUT2D eigenvalue weighted by molar-refractivity contribution is 5.93. The molecule has 0 radical (unpaired) electrons. The Morgan fingerprint density at radius 1 is 1.07 bits per heavy atom. The van der Waals surface area contributed by atoms with Crippen LogP contribution in [0.2, 0.25) is 0 Å². The second-order valence-corrected chi connectivity index (χ2v) is 5.85. The molecular weight excluding hydrogens is 363 g/mol. The van der Waals surface area contributed by atoms with Crippen molar-refractivity contribution in [2.45, 2.75) is 6.92 Å². The largest absolute Gasteiger partial charge is 0.427 e. The van der Waals surface area contributed by atoms with Crippen LogP contribution < -0.4 is 15.6 Å². The molecule has 0 fully saturated rings. The quantitative estimate of drug-likeness (QED) is 0.347. The van der Waals surface area contributed by atoms with Crippen LogP contribution in [0.1, 0.15) is 23.0 Å². The molecule has 7 nitrogen and oxygen atoms in total. The third-order valence-corrected chi connectivity index (χ3v) is 3.75. The Morgan fingerprint density at radius 2 is 1.75 bits per heavy atom. The standard InChI is InChI=1S/C20H17FN4O3/c1-12(14-5-9-17(10-6-14)28-13(2)26)22-25-20(27)19-11-18(23-24-19)15-3-7-16(21)8-4-15/h3-11,22H,1H2,2H3,(H,23,24)(H,25,27). The van der Waals surface area contributed by atoms with Gasteiger partial charge in [0.1, 0.15) is 17.3 Å². The average Bonchev–Trinajstić information content (AvgIpc) is 3.17. The van der Waals surface area contributed by atoms with Gasteiger partial charge in [-0.25, -0.2) is 4.39 Å². The molecule has 8 heteroatoms. The van der Waals surface area contributed by atoms with E-state index in [1.165, 1.54) is 19.1 Å². The van der Waals surface area contributed by atoms with E-state index in [9.17, 15) is 14.0 Å². The summed E-state index contributed by atoms with van der Waals surface area (Å²) in [7, 11) is 0. The van der Waals surface area contributed by atoms with E-state index < -0.39 is 11.9 Å². The van der Waals surface area contributed by atoms with Crippen molar-refractivity contribution in [2.24, 2.45) is 0 Å². The Balaban J connectivity index is 1.58. The number of nitrogens with one attached hydrogen (secondary N) is 3. The predicted octanol–water partition coefficient (Wildman–Crippen LogP) is 3.05. The molecule has 142 valence electrons. The smallest absolute Gasteiger partial charge is 0.308 e. The number of halogens is 1. The van der Waals surface area contributed by atoms with Crippen LogP contribution in [0.5, 0.6) is 5.75 Å². The number of carbonyl (C=O) groups is 2. The third kappa shape index (κ3) is 4.61. The van der Waals surface area contributed by atoms with E-state index in [-0.39, 0.29) is 11.5 Å². The zero-order valence-electron chi connectivity index (χ0n) is 15.0. The SMILES string of the molecule is C=C(NNC(=O)c1cc(-c2ccc(F)cc2)n[nH]1)c1ccc(OC(C)=O)cc1. The number of rotatable bonds is 6. The molecule has 0 bridgehead atoms. The van der Waals surface area contributed by atoms with Crippen LogP contribution in [0.25, 0.3) is 17.0 Å². The summed E-state index contributed by atoms with van der Waals surface area (Å²) in [6.07, 6.45) is 0. The van der Waals surface area contributed by atoms with Gasteiger partial charge >= 0.3 is 5.97 Å². The van der Waals surface area contributed by atoms with Crippen LogP contribution in [-0.2, 0) is 4.79 Å². The topological polar surface area (TPSA) is 96.1 Å². The van der Waals surface area contributed by atoms with Gasteiger partial charge in [0.25, 0.3) is 5.91 Å². The first-order chi connectivity index (χ1) is 13.4. The minimum absolute atomic E-state index is 0.227. The Hall–Kier alpha value is -3.94. The van der Waals surface area contributed by atoms with Crippen molar-refractivity contribution in [1.29, 1.82) is 0 Å². The first-order valence-corrected chi connectivity index (χ1v) is 8.28. The molecule has 0 aliphatic carbocycles. The van der Waals surface area contributed by atoms with E-state index in [2.05, 4.69) is 27.6 Å². The van der Waals surface area contributed by atoms with E-state index in [1.54, 1.807) is 42.5 Å². The molecule has 2 aromatic carbocycles. The van der Waals surface area contributed by atoms with Crippen LogP contribution >= 0.6 is 0 Å². The molecule has 3 aromatic rings. The molecule has 3 N–H and O–H groups in total. The average molecular weight is 380 g/mol.